The van der Waals surface area contributed by atoms with Crippen molar-refractivity contribution in [2.24, 2.45) is 5.92 Å². The number of hydrogen-bond acceptors (Lipinski definition) is 5. The van der Waals surface area contributed by atoms with Crippen molar-refractivity contribution in [1.82, 2.24) is 20.1 Å². The quantitative estimate of drug-likeness (QED) is 0.215. The van der Waals surface area contributed by atoms with Crippen LogP contribution in [-0.2, 0) is 11.3 Å². The van der Waals surface area contributed by atoms with Crippen molar-refractivity contribution in [3.8, 4) is 0 Å². The van der Waals surface area contributed by atoms with Gasteiger partial charge < -0.3 is 15.2 Å². The number of halogens is 1. The van der Waals surface area contributed by atoms with E-state index in [0.717, 1.165) is 21.3 Å². The lowest BCUT2D eigenvalue weighted by Gasteiger charge is -2.21. The molecule has 0 saturated heterocycles. The summed E-state index contributed by atoms with van der Waals surface area (Å²) in [6.45, 7) is 12.5. The molecule has 3 rings (SSSR count). The third-order valence-corrected chi connectivity index (χ3v) is 6.94. The fraction of sp³-hybridized carbons (Fsp3) is 0.333. The van der Waals surface area contributed by atoms with Gasteiger partial charge in [-0.25, -0.2) is 0 Å². The number of anilines is 1. The molecule has 190 valence electrons. The predicted octanol–water partition coefficient (Wildman–Crippen LogP) is 6.09. The summed E-state index contributed by atoms with van der Waals surface area (Å²) in [5, 5.41) is 15.5. The number of rotatable bonds is 11. The van der Waals surface area contributed by atoms with Crippen molar-refractivity contribution in [2.75, 3.05) is 11.1 Å². The van der Waals surface area contributed by atoms with E-state index in [1.54, 1.807) is 18.2 Å². The number of allylic oxidation sites excluding steroid dienone is 1. The largest absolute Gasteiger partial charge is 0.342 e. The Balaban J connectivity index is 1.77. The molecular formula is C27H32BrN5O2S. The Morgan fingerprint density at radius 3 is 2.42 bits per heavy atom. The average molecular weight is 571 g/mol. The number of nitrogens with one attached hydrogen (secondary N) is 2. The second kappa shape index (κ2) is 12.9. The summed E-state index contributed by atoms with van der Waals surface area (Å²) >= 11 is 4.79. The Morgan fingerprint density at radius 2 is 1.81 bits per heavy atom. The second-order valence-electron chi connectivity index (χ2n) is 9.01. The highest BCUT2D eigenvalue weighted by Gasteiger charge is 2.25. The zero-order valence-electron chi connectivity index (χ0n) is 21.0. The van der Waals surface area contributed by atoms with Crippen LogP contribution in [0, 0.1) is 19.8 Å². The second-order valence-corrected chi connectivity index (χ2v) is 10.9. The number of amides is 2. The Kier molecular flexibility index (Phi) is 9.89. The molecule has 2 amide bonds. The number of carbonyl (C=O) groups is 2. The highest BCUT2D eigenvalue weighted by molar-refractivity contribution is 9.10. The van der Waals surface area contributed by atoms with Crippen LogP contribution in [0.2, 0.25) is 0 Å². The van der Waals surface area contributed by atoms with E-state index in [4.69, 9.17) is 0 Å². The summed E-state index contributed by atoms with van der Waals surface area (Å²) in [5.74, 6) is 0.854. The van der Waals surface area contributed by atoms with E-state index in [1.165, 1.54) is 11.8 Å². The number of aromatic nitrogens is 3. The van der Waals surface area contributed by atoms with Gasteiger partial charge in [-0.2, -0.15) is 0 Å². The van der Waals surface area contributed by atoms with Gasteiger partial charge >= 0.3 is 0 Å². The highest BCUT2D eigenvalue weighted by Crippen LogP contribution is 2.27. The molecule has 0 aliphatic heterocycles. The summed E-state index contributed by atoms with van der Waals surface area (Å²) < 4.78 is 2.89. The number of benzene rings is 2. The van der Waals surface area contributed by atoms with Gasteiger partial charge in [0.1, 0.15) is 0 Å². The van der Waals surface area contributed by atoms with Crippen LogP contribution in [-0.4, -0.2) is 32.3 Å². The molecule has 2 N–H and O–H groups in total. The molecule has 9 heteroatoms. The normalized spacial score (nSPS) is 11.8. The van der Waals surface area contributed by atoms with Crippen LogP contribution < -0.4 is 10.6 Å². The van der Waals surface area contributed by atoms with Crippen LogP contribution in [0.5, 0.6) is 0 Å². The number of nitrogens with zero attached hydrogens (tertiary/aromatic N) is 3. The molecule has 0 aliphatic rings. The molecule has 0 saturated carbocycles. The first-order valence-corrected chi connectivity index (χ1v) is 13.6. The minimum Gasteiger partial charge on any atom is -0.342 e. The molecule has 0 fully saturated rings. The van der Waals surface area contributed by atoms with Crippen molar-refractivity contribution < 1.29 is 9.59 Å². The van der Waals surface area contributed by atoms with Crippen molar-refractivity contribution >= 4 is 45.2 Å². The van der Waals surface area contributed by atoms with E-state index in [0.29, 0.717) is 35.4 Å². The maximum atomic E-state index is 12.9. The van der Waals surface area contributed by atoms with Crippen molar-refractivity contribution in [3.05, 3.63) is 82.1 Å². The number of aryl methyl sites for hydroxylation is 2. The smallest absolute Gasteiger partial charge is 0.251 e. The van der Waals surface area contributed by atoms with Crippen LogP contribution in [0.1, 0.15) is 53.6 Å². The number of thioether (sulfide) groups is 1. The van der Waals surface area contributed by atoms with Gasteiger partial charge in [0.15, 0.2) is 11.0 Å². The van der Waals surface area contributed by atoms with Gasteiger partial charge in [-0.1, -0.05) is 65.8 Å². The topological polar surface area (TPSA) is 88.9 Å². The summed E-state index contributed by atoms with van der Waals surface area (Å²) in [6.07, 6.45) is 2.46. The molecule has 1 atom stereocenters. The minimum atomic E-state index is -0.332. The molecular weight excluding hydrogens is 538 g/mol. The van der Waals surface area contributed by atoms with E-state index < -0.39 is 0 Å². The van der Waals surface area contributed by atoms with Gasteiger partial charge in [0.05, 0.1) is 11.8 Å². The summed E-state index contributed by atoms with van der Waals surface area (Å²) in [7, 11) is 0. The Morgan fingerprint density at radius 1 is 1.14 bits per heavy atom. The lowest BCUT2D eigenvalue weighted by atomic mass is 10.0. The van der Waals surface area contributed by atoms with Crippen LogP contribution in [0.4, 0.5) is 5.69 Å². The van der Waals surface area contributed by atoms with Crippen LogP contribution >= 0.6 is 27.7 Å². The Labute approximate surface area is 225 Å². The van der Waals surface area contributed by atoms with Crippen LogP contribution in [0.15, 0.2) is 64.7 Å². The minimum absolute atomic E-state index is 0.126. The van der Waals surface area contributed by atoms with Gasteiger partial charge in [-0.3, -0.25) is 9.59 Å². The van der Waals surface area contributed by atoms with Gasteiger partial charge in [0.2, 0.25) is 5.91 Å². The van der Waals surface area contributed by atoms with E-state index in [9.17, 15) is 9.59 Å². The average Bonchev–Trinajstić information content (AvgIpc) is 3.22. The summed E-state index contributed by atoms with van der Waals surface area (Å²) in [6, 6.07) is 12.7. The first-order chi connectivity index (χ1) is 17.2. The zero-order chi connectivity index (χ0) is 26.2. The molecule has 1 heterocycles. The van der Waals surface area contributed by atoms with Crippen molar-refractivity contribution in [2.45, 2.75) is 51.9 Å². The third kappa shape index (κ3) is 7.30. The SMILES string of the molecule is C=CCn1c(SCC(=O)Nc2c(C)cc(Br)cc2C)nnc1C(CC(C)C)NC(=O)c1ccccc1. The summed E-state index contributed by atoms with van der Waals surface area (Å²) in [4.78, 5) is 25.7. The van der Waals surface area contributed by atoms with Crippen molar-refractivity contribution in [3.63, 3.8) is 0 Å². The lowest BCUT2D eigenvalue weighted by molar-refractivity contribution is -0.113. The molecule has 36 heavy (non-hydrogen) atoms. The maximum absolute atomic E-state index is 12.9. The Hall–Kier alpha value is -2.91. The fourth-order valence-electron chi connectivity index (χ4n) is 3.91. The van der Waals surface area contributed by atoms with E-state index in [-0.39, 0.29) is 23.6 Å². The fourth-order valence-corrected chi connectivity index (χ4v) is 5.35. The molecule has 3 aromatic rings. The monoisotopic (exact) mass is 569 g/mol. The standard InChI is InChI=1S/C27H32BrN5O2S/c1-6-12-33-25(22(13-17(2)3)29-26(35)20-10-8-7-9-11-20)31-32-27(33)36-16-23(34)30-24-18(4)14-21(28)15-19(24)5/h6-11,14-15,17,22H,1,12-13,16H2,2-5H3,(H,29,35)(H,30,34). The maximum Gasteiger partial charge on any atom is 0.251 e. The van der Waals surface area contributed by atoms with Gasteiger partial charge in [0, 0.05) is 22.3 Å². The Bertz CT molecular complexity index is 1200. The molecule has 1 aromatic heterocycles. The lowest BCUT2D eigenvalue weighted by Crippen LogP contribution is -2.31. The molecule has 0 radical (unpaired) electrons. The molecule has 0 bridgehead atoms. The summed E-state index contributed by atoms with van der Waals surface area (Å²) in [5.41, 5.74) is 3.38. The van der Waals surface area contributed by atoms with E-state index in [2.05, 4.69) is 57.2 Å². The highest BCUT2D eigenvalue weighted by atomic mass is 79.9. The van der Waals surface area contributed by atoms with Gasteiger partial charge in [-0.15, -0.1) is 16.8 Å². The van der Waals surface area contributed by atoms with Crippen LogP contribution in [0.3, 0.4) is 0 Å². The van der Waals surface area contributed by atoms with Gasteiger partial charge in [-0.05, 0) is 61.6 Å². The first kappa shape index (κ1) is 27.7. The van der Waals surface area contributed by atoms with Crippen LogP contribution in [0.25, 0.3) is 0 Å². The number of hydrogen-bond donors (Lipinski definition) is 2. The number of carbonyl (C=O) groups excluding carboxylic acids is 2. The predicted molar refractivity (Wildman–Crippen MR) is 149 cm³/mol. The first-order valence-electron chi connectivity index (χ1n) is 11.8. The molecule has 7 nitrogen and oxygen atoms in total. The van der Waals surface area contributed by atoms with E-state index in [1.807, 2.05) is 48.7 Å². The zero-order valence-corrected chi connectivity index (χ0v) is 23.4. The molecule has 1 unspecified atom stereocenters. The molecule has 0 spiro atoms. The molecule has 0 aliphatic carbocycles. The third-order valence-electron chi connectivity index (χ3n) is 5.51. The van der Waals surface area contributed by atoms with Crippen molar-refractivity contribution in [1.29, 1.82) is 0 Å². The van der Waals surface area contributed by atoms with E-state index >= 15 is 0 Å². The van der Waals surface area contributed by atoms with Gasteiger partial charge in [0.25, 0.3) is 5.91 Å². The molecule has 2 aromatic carbocycles.